The van der Waals surface area contributed by atoms with E-state index in [2.05, 4.69) is 4.72 Å². The summed E-state index contributed by atoms with van der Waals surface area (Å²) in [5, 5.41) is 0. The van der Waals surface area contributed by atoms with E-state index in [1.807, 2.05) is 0 Å². The van der Waals surface area contributed by atoms with Crippen LogP contribution in [0.25, 0.3) is 0 Å². The van der Waals surface area contributed by atoms with E-state index in [4.69, 9.17) is 4.74 Å². The van der Waals surface area contributed by atoms with Gasteiger partial charge < -0.3 is 4.74 Å². The lowest BCUT2D eigenvalue weighted by Crippen LogP contribution is -2.16. The fourth-order valence-electron chi connectivity index (χ4n) is 2.94. The lowest BCUT2D eigenvalue weighted by Gasteiger charge is -2.14. The number of Topliss-reactive ketones (excluding diaryl/α,β-unsaturated/α-hetero) is 1. The normalized spacial score (nSPS) is 14.2. The Kier molecular flexibility index (Phi) is 4.56. The van der Waals surface area contributed by atoms with Gasteiger partial charge in [-0.25, -0.2) is 8.42 Å². The summed E-state index contributed by atoms with van der Waals surface area (Å²) in [4.78, 5) is 12.3. The van der Waals surface area contributed by atoms with Crippen molar-refractivity contribution >= 4 is 21.5 Å². The molecule has 25 heavy (non-hydrogen) atoms. The number of carbonyl (C=O) groups excluding carboxylic acids is 1. The molecule has 2 aromatic carbocycles. The maximum atomic E-state index is 12.8. The highest BCUT2D eigenvalue weighted by Crippen LogP contribution is 2.33. The predicted molar refractivity (Wildman–Crippen MR) is 96.8 cm³/mol. The van der Waals surface area contributed by atoms with Gasteiger partial charge in [0.15, 0.2) is 5.78 Å². The average molecular weight is 359 g/mol. The molecular weight excluding hydrogens is 338 g/mol. The summed E-state index contributed by atoms with van der Waals surface area (Å²) in [5.74, 6) is 0.903. The van der Waals surface area contributed by atoms with Crippen LogP contribution in [0, 0.1) is 19.8 Å². The van der Waals surface area contributed by atoms with Gasteiger partial charge in [-0.2, -0.15) is 0 Å². The molecular formula is C19H21NO4S. The molecule has 5 nitrogen and oxygen atoms in total. The van der Waals surface area contributed by atoms with Gasteiger partial charge in [-0.15, -0.1) is 0 Å². The Hall–Kier alpha value is -2.34. The minimum atomic E-state index is -3.73. The Morgan fingerprint density at radius 2 is 1.64 bits per heavy atom. The van der Waals surface area contributed by atoms with E-state index in [1.165, 1.54) is 0 Å². The van der Waals surface area contributed by atoms with Crippen molar-refractivity contribution in [3.05, 3.63) is 53.1 Å². The zero-order valence-corrected chi connectivity index (χ0v) is 15.3. The monoisotopic (exact) mass is 359 g/mol. The van der Waals surface area contributed by atoms with E-state index in [0.29, 0.717) is 28.1 Å². The van der Waals surface area contributed by atoms with Crippen LogP contribution >= 0.6 is 0 Å². The standard InChI is InChI=1S/C19H21NO4S/c1-12-10-17(24-3)11-13(2)19(12)25(22,23)20-16-8-6-15(7-9-16)18(21)14-4-5-14/h6-11,14,20H,4-5H2,1-3H3. The molecule has 1 saturated carbocycles. The smallest absolute Gasteiger partial charge is 0.262 e. The van der Waals surface area contributed by atoms with Crippen molar-refractivity contribution in [2.24, 2.45) is 5.92 Å². The molecule has 0 unspecified atom stereocenters. The highest BCUT2D eigenvalue weighted by atomic mass is 32.2. The zero-order chi connectivity index (χ0) is 18.2. The first-order chi connectivity index (χ1) is 11.8. The molecule has 6 heteroatoms. The number of benzene rings is 2. The van der Waals surface area contributed by atoms with Crippen molar-refractivity contribution in [1.82, 2.24) is 0 Å². The minimum absolute atomic E-state index is 0.135. The van der Waals surface area contributed by atoms with Crippen molar-refractivity contribution in [3.8, 4) is 5.75 Å². The number of nitrogens with one attached hydrogen (secondary N) is 1. The first-order valence-corrected chi connectivity index (χ1v) is 9.62. The minimum Gasteiger partial charge on any atom is -0.497 e. The molecule has 2 aromatic rings. The molecule has 0 spiro atoms. The molecule has 0 heterocycles. The zero-order valence-electron chi connectivity index (χ0n) is 14.5. The number of carbonyl (C=O) groups is 1. The maximum absolute atomic E-state index is 12.8. The SMILES string of the molecule is COc1cc(C)c(S(=O)(=O)Nc2ccc(C(=O)C3CC3)cc2)c(C)c1. The Bertz CT molecular complexity index is 890. The van der Waals surface area contributed by atoms with Crippen LogP contribution in [0.1, 0.15) is 34.3 Å². The fraction of sp³-hybridized carbons (Fsp3) is 0.316. The van der Waals surface area contributed by atoms with Crippen LogP contribution in [0.5, 0.6) is 5.75 Å². The summed E-state index contributed by atoms with van der Waals surface area (Å²) in [6, 6.07) is 9.99. The third kappa shape index (κ3) is 3.69. The van der Waals surface area contributed by atoms with Gasteiger partial charge in [0.1, 0.15) is 5.75 Å². The molecule has 132 valence electrons. The van der Waals surface area contributed by atoms with Crippen LogP contribution < -0.4 is 9.46 Å². The summed E-state index contributed by atoms with van der Waals surface area (Å²) in [5.41, 5.74) is 2.29. The summed E-state index contributed by atoms with van der Waals surface area (Å²) in [6.45, 7) is 3.48. The topological polar surface area (TPSA) is 72.5 Å². The van der Waals surface area contributed by atoms with Crippen molar-refractivity contribution in [2.45, 2.75) is 31.6 Å². The van der Waals surface area contributed by atoms with Gasteiger partial charge in [0.2, 0.25) is 0 Å². The summed E-state index contributed by atoms with van der Waals surface area (Å²) < 4.78 is 33.3. The summed E-state index contributed by atoms with van der Waals surface area (Å²) >= 11 is 0. The molecule has 1 aliphatic rings. The van der Waals surface area contributed by atoms with Gasteiger partial charge in [-0.05, 0) is 74.2 Å². The van der Waals surface area contributed by atoms with Crippen molar-refractivity contribution in [3.63, 3.8) is 0 Å². The molecule has 1 N–H and O–H groups in total. The molecule has 0 atom stereocenters. The quantitative estimate of drug-likeness (QED) is 0.798. The van der Waals surface area contributed by atoms with E-state index < -0.39 is 10.0 Å². The Balaban J connectivity index is 1.85. The second kappa shape index (κ2) is 6.52. The number of hydrogen-bond donors (Lipinski definition) is 1. The van der Waals surface area contributed by atoms with Crippen molar-refractivity contribution < 1.29 is 17.9 Å². The van der Waals surface area contributed by atoms with Crippen LogP contribution in [-0.2, 0) is 10.0 Å². The summed E-state index contributed by atoms with van der Waals surface area (Å²) in [6.07, 6.45) is 1.90. The van der Waals surface area contributed by atoms with Crippen molar-refractivity contribution in [2.75, 3.05) is 11.8 Å². The Morgan fingerprint density at radius 3 is 2.12 bits per heavy atom. The summed E-state index contributed by atoms with van der Waals surface area (Å²) in [7, 11) is -2.18. The highest BCUT2D eigenvalue weighted by molar-refractivity contribution is 7.92. The third-order valence-electron chi connectivity index (χ3n) is 4.31. The number of rotatable bonds is 6. The molecule has 0 radical (unpaired) electrons. The number of methoxy groups -OCH3 is 1. The van der Waals surface area contributed by atoms with E-state index in [1.54, 1.807) is 57.4 Å². The van der Waals surface area contributed by atoms with Gasteiger partial charge in [0.05, 0.1) is 12.0 Å². The van der Waals surface area contributed by atoms with E-state index >= 15 is 0 Å². The first kappa shape index (κ1) is 17.5. The average Bonchev–Trinajstić information content (AvgIpc) is 3.38. The second-order valence-corrected chi connectivity index (χ2v) is 8.03. The number of aryl methyl sites for hydroxylation is 2. The van der Waals surface area contributed by atoms with Crippen LogP contribution in [0.3, 0.4) is 0 Å². The second-order valence-electron chi connectivity index (χ2n) is 6.41. The van der Waals surface area contributed by atoms with Gasteiger partial charge in [0.25, 0.3) is 10.0 Å². The molecule has 3 rings (SSSR count). The Morgan fingerprint density at radius 1 is 1.08 bits per heavy atom. The van der Waals surface area contributed by atoms with Gasteiger partial charge in [-0.1, -0.05) is 0 Å². The van der Waals surface area contributed by atoms with Crippen LogP contribution in [-0.4, -0.2) is 21.3 Å². The predicted octanol–water partition coefficient (Wildman–Crippen LogP) is 3.71. The number of ketones is 1. The maximum Gasteiger partial charge on any atom is 0.262 e. The largest absolute Gasteiger partial charge is 0.497 e. The van der Waals surface area contributed by atoms with Gasteiger partial charge in [0, 0.05) is 17.2 Å². The number of ether oxygens (including phenoxy) is 1. The highest BCUT2D eigenvalue weighted by Gasteiger charge is 2.30. The lowest BCUT2D eigenvalue weighted by atomic mass is 10.1. The van der Waals surface area contributed by atoms with Crippen LogP contribution in [0.4, 0.5) is 5.69 Å². The Labute approximate surface area is 148 Å². The molecule has 0 bridgehead atoms. The van der Waals surface area contributed by atoms with Crippen molar-refractivity contribution in [1.29, 1.82) is 0 Å². The first-order valence-electron chi connectivity index (χ1n) is 8.14. The molecule has 0 aliphatic heterocycles. The molecule has 1 aliphatic carbocycles. The van der Waals surface area contributed by atoms with Crippen LogP contribution in [0.2, 0.25) is 0 Å². The lowest BCUT2D eigenvalue weighted by molar-refractivity contribution is 0.0967. The van der Waals surface area contributed by atoms with Gasteiger partial charge in [-0.3, -0.25) is 9.52 Å². The number of hydrogen-bond acceptors (Lipinski definition) is 4. The van der Waals surface area contributed by atoms with Gasteiger partial charge >= 0.3 is 0 Å². The van der Waals surface area contributed by atoms with E-state index in [9.17, 15) is 13.2 Å². The molecule has 1 fully saturated rings. The third-order valence-corrected chi connectivity index (χ3v) is 5.99. The number of anilines is 1. The van der Waals surface area contributed by atoms with Crippen LogP contribution in [0.15, 0.2) is 41.3 Å². The number of sulfonamides is 1. The van der Waals surface area contributed by atoms with E-state index in [0.717, 1.165) is 12.8 Å². The molecule has 0 amide bonds. The molecule has 0 saturated heterocycles. The fourth-order valence-corrected chi connectivity index (χ4v) is 4.46. The van der Waals surface area contributed by atoms with E-state index in [-0.39, 0.29) is 16.6 Å². The molecule has 0 aromatic heterocycles.